The van der Waals surface area contributed by atoms with E-state index >= 15 is 0 Å². The van der Waals surface area contributed by atoms with Crippen LogP contribution in [0.25, 0.3) is 0 Å². The number of para-hydroxylation sites is 1. The molecule has 2 heterocycles. The van der Waals surface area contributed by atoms with Crippen LogP contribution < -0.4 is 4.74 Å². The molecule has 5 heteroatoms. The minimum atomic E-state index is -0.614. The third-order valence-corrected chi connectivity index (χ3v) is 5.55. The van der Waals surface area contributed by atoms with Gasteiger partial charge in [-0.05, 0) is 30.2 Å². The Morgan fingerprint density at radius 2 is 2.00 bits per heavy atom. The van der Waals surface area contributed by atoms with E-state index in [0.29, 0.717) is 13.2 Å². The lowest BCUT2D eigenvalue weighted by molar-refractivity contribution is -0.00343. The smallest absolute Gasteiger partial charge is 0.128 e. The number of rotatable bonds is 1. The monoisotopic (exact) mass is 377 g/mol. The molecule has 120 valence electrons. The highest BCUT2D eigenvalue weighted by Crippen LogP contribution is 2.37. The summed E-state index contributed by atoms with van der Waals surface area (Å²) in [5.41, 5.74) is 2.56. The fourth-order valence-corrected chi connectivity index (χ4v) is 4.10. The summed E-state index contributed by atoms with van der Waals surface area (Å²) in [6.45, 7) is 1.69. The number of hydrogen-bond acceptors (Lipinski definition) is 3. The Hall–Kier alpha value is -1.43. The Morgan fingerprint density at radius 3 is 2.87 bits per heavy atom. The zero-order valence-corrected chi connectivity index (χ0v) is 14.1. The molecule has 0 aliphatic carbocycles. The molecule has 0 spiro atoms. The summed E-state index contributed by atoms with van der Waals surface area (Å²) in [5, 5.41) is 10.7. The van der Waals surface area contributed by atoms with Gasteiger partial charge in [-0.15, -0.1) is 0 Å². The van der Waals surface area contributed by atoms with Crippen molar-refractivity contribution in [2.24, 2.45) is 0 Å². The maximum atomic E-state index is 14.2. The summed E-state index contributed by atoms with van der Waals surface area (Å²) >= 11 is 3.51. The van der Waals surface area contributed by atoms with E-state index in [1.165, 1.54) is 6.07 Å². The van der Waals surface area contributed by atoms with Gasteiger partial charge in [-0.2, -0.15) is 0 Å². The number of hydrogen-bond donors (Lipinski definition) is 1. The molecule has 0 fully saturated rings. The Bertz CT molecular complexity index is 752. The molecule has 3 nitrogen and oxygen atoms in total. The third-order valence-electron chi connectivity index (χ3n) is 4.81. The number of benzene rings is 2. The van der Waals surface area contributed by atoms with E-state index in [-0.39, 0.29) is 11.9 Å². The van der Waals surface area contributed by atoms with Crippen LogP contribution in [-0.4, -0.2) is 29.2 Å². The van der Waals surface area contributed by atoms with Crippen molar-refractivity contribution >= 4 is 15.9 Å². The lowest BCUT2D eigenvalue weighted by Gasteiger charge is -2.40. The van der Waals surface area contributed by atoms with E-state index < -0.39 is 6.10 Å². The quantitative estimate of drug-likeness (QED) is 0.825. The van der Waals surface area contributed by atoms with E-state index in [0.717, 1.165) is 39.9 Å². The molecule has 2 atom stereocenters. The summed E-state index contributed by atoms with van der Waals surface area (Å²) in [6, 6.07) is 10.7. The second-order valence-electron chi connectivity index (χ2n) is 6.07. The number of aliphatic hydroxyl groups excluding tert-OH is 1. The molecular formula is C18H17BrFNO2. The van der Waals surface area contributed by atoms with Crippen LogP contribution in [0.1, 0.15) is 22.8 Å². The van der Waals surface area contributed by atoms with Crippen LogP contribution in [0.4, 0.5) is 4.39 Å². The molecule has 1 N–H and O–H groups in total. The highest BCUT2D eigenvalue weighted by Gasteiger charge is 2.35. The zero-order valence-electron chi connectivity index (χ0n) is 12.5. The molecule has 2 aromatic rings. The van der Waals surface area contributed by atoms with E-state index in [1.807, 2.05) is 24.3 Å². The molecule has 4 rings (SSSR count). The van der Waals surface area contributed by atoms with Crippen molar-refractivity contribution in [3.05, 3.63) is 63.4 Å². The fourth-order valence-electron chi connectivity index (χ4n) is 3.53. The summed E-state index contributed by atoms with van der Waals surface area (Å²) in [4.78, 5) is 2.12. The van der Waals surface area contributed by atoms with Crippen LogP contribution in [0.15, 0.2) is 40.9 Å². The van der Waals surface area contributed by atoms with Gasteiger partial charge in [0.25, 0.3) is 0 Å². The van der Waals surface area contributed by atoms with Gasteiger partial charge in [-0.1, -0.05) is 34.1 Å². The zero-order chi connectivity index (χ0) is 16.0. The minimum Gasteiger partial charge on any atom is -0.491 e. The molecule has 23 heavy (non-hydrogen) atoms. The summed E-state index contributed by atoms with van der Waals surface area (Å²) < 4.78 is 20.9. The minimum absolute atomic E-state index is 0.156. The highest BCUT2D eigenvalue weighted by molar-refractivity contribution is 9.10. The molecule has 2 aromatic carbocycles. The Kier molecular flexibility index (Phi) is 3.87. The molecule has 0 radical (unpaired) electrons. The molecule has 0 aromatic heterocycles. The Morgan fingerprint density at radius 1 is 1.17 bits per heavy atom. The Balaban J connectivity index is 1.62. The highest BCUT2D eigenvalue weighted by atomic mass is 79.9. The van der Waals surface area contributed by atoms with E-state index in [9.17, 15) is 9.50 Å². The second-order valence-corrected chi connectivity index (χ2v) is 6.92. The van der Waals surface area contributed by atoms with Crippen molar-refractivity contribution in [1.29, 1.82) is 0 Å². The van der Waals surface area contributed by atoms with E-state index in [1.54, 1.807) is 6.07 Å². The third kappa shape index (κ3) is 2.57. The van der Waals surface area contributed by atoms with Crippen LogP contribution in [0.5, 0.6) is 5.75 Å². The summed E-state index contributed by atoms with van der Waals surface area (Å²) in [5.74, 6) is 0.558. The molecule has 0 unspecified atom stereocenters. The van der Waals surface area contributed by atoms with Crippen molar-refractivity contribution in [2.75, 3.05) is 13.2 Å². The van der Waals surface area contributed by atoms with Crippen molar-refractivity contribution < 1.29 is 14.2 Å². The first kappa shape index (κ1) is 15.1. The molecule has 0 bridgehead atoms. The molecule has 2 aliphatic heterocycles. The first-order valence-electron chi connectivity index (χ1n) is 7.75. The number of ether oxygens (including phenoxy) is 1. The van der Waals surface area contributed by atoms with Gasteiger partial charge in [-0.3, -0.25) is 4.90 Å². The second kappa shape index (κ2) is 5.89. The van der Waals surface area contributed by atoms with Crippen LogP contribution in [0, 0.1) is 5.82 Å². The number of halogens is 2. The fraction of sp³-hybridized carbons (Fsp3) is 0.333. The predicted molar refractivity (Wildman–Crippen MR) is 88.9 cm³/mol. The molecule has 0 saturated carbocycles. The van der Waals surface area contributed by atoms with Gasteiger partial charge in [0.2, 0.25) is 0 Å². The van der Waals surface area contributed by atoms with Crippen molar-refractivity contribution in [3.63, 3.8) is 0 Å². The maximum Gasteiger partial charge on any atom is 0.128 e. The van der Waals surface area contributed by atoms with Gasteiger partial charge in [0.1, 0.15) is 24.3 Å². The number of fused-ring (bicyclic) bond motifs is 2. The normalized spacial score (nSPS) is 23.8. The lowest BCUT2D eigenvalue weighted by atomic mass is 9.93. The van der Waals surface area contributed by atoms with E-state index in [4.69, 9.17) is 4.74 Å². The largest absolute Gasteiger partial charge is 0.491 e. The van der Waals surface area contributed by atoms with Crippen LogP contribution in [0.3, 0.4) is 0 Å². The average Bonchev–Trinajstić information content (AvgIpc) is 2.59. The molecule has 2 aliphatic rings. The molecule has 0 amide bonds. The average molecular weight is 378 g/mol. The number of aliphatic hydroxyl groups is 1. The lowest BCUT2D eigenvalue weighted by Crippen LogP contribution is -2.48. The van der Waals surface area contributed by atoms with Crippen molar-refractivity contribution in [3.8, 4) is 5.75 Å². The topological polar surface area (TPSA) is 32.7 Å². The van der Waals surface area contributed by atoms with Crippen molar-refractivity contribution in [1.82, 2.24) is 4.90 Å². The van der Waals surface area contributed by atoms with Crippen LogP contribution >= 0.6 is 15.9 Å². The van der Waals surface area contributed by atoms with Gasteiger partial charge in [0.15, 0.2) is 0 Å². The predicted octanol–water partition coefficient (Wildman–Crippen LogP) is 3.44. The maximum absolute atomic E-state index is 14.2. The van der Waals surface area contributed by atoms with Gasteiger partial charge < -0.3 is 9.84 Å². The SMILES string of the molecule is O[C@H]1c2ccccc2OC[C@H]1N1CCc2c(Br)ccc(F)c2C1. The van der Waals surface area contributed by atoms with Crippen molar-refractivity contribution in [2.45, 2.75) is 25.1 Å². The summed E-state index contributed by atoms with van der Waals surface area (Å²) in [6.07, 6.45) is 0.148. The first-order chi connectivity index (χ1) is 11.1. The van der Waals surface area contributed by atoms with Crippen LogP contribution in [0.2, 0.25) is 0 Å². The molecule has 0 saturated heterocycles. The van der Waals surface area contributed by atoms with Crippen LogP contribution in [-0.2, 0) is 13.0 Å². The van der Waals surface area contributed by atoms with E-state index in [2.05, 4.69) is 20.8 Å². The van der Waals surface area contributed by atoms with Gasteiger partial charge in [-0.25, -0.2) is 4.39 Å². The summed E-state index contributed by atoms with van der Waals surface area (Å²) in [7, 11) is 0. The van der Waals surface area contributed by atoms with Gasteiger partial charge in [0, 0.05) is 28.7 Å². The van der Waals surface area contributed by atoms with Gasteiger partial charge in [0.05, 0.1) is 6.04 Å². The Labute approximate surface area is 142 Å². The number of nitrogens with zero attached hydrogens (tertiary/aromatic N) is 1. The molecular weight excluding hydrogens is 361 g/mol. The first-order valence-corrected chi connectivity index (χ1v) is 8.54. The van der Waals surface area contributed by atoms with Gasteiger partial charge >= 0.3 is 0 Å². The standard InChI is InChI=1S/C18H17BrFNO2/c19-14-5-6-15(20)13-9-21(8-7-11(13)14)16-10-23-17-4-2-1-3-12(17)18(16)22/h1-6,16,18,22H,7-10H2/t16-,18+/m1/s1.